The van der Waals surface area contributed by atoms with Crippen LogP contribution in [0.3, 0.4) is 0 Å². The molecule has 2 aromatic rings. The van der Waals surface area contributed by atoms with Crippen LogP contribution in [0.5, 0.6) is 0 Å². The fraction of sp³-hybridized carbons (Fsp3) is 0.333. The number of hydrogen-bond donors (Lipinski definition) is 1. The Hall–Kier alpha value is -1.84. The number of rotatable bonds is 2. The molecule has 1 aliphatic rings. The molecule has 2 heterocycles. The number of carbonyl (C=O) groups is 1. The molecule has 1 N–H and O–H groups in total. The molecule has 2 aromatic heterocycles. The third kappa shape index (κ3) is 1.30. The normalized spacial score (nSPS) is 15.6. The highest BCUT2D eigenvalue weighted by atomic mass is 16.4. The van der Waals surface area contributed by atoms with Gasteiger partial charge < -0.3 is 9.51 Å². The van der Waals surface area contributed by atoms with Crippen molar-refractivity contribution in [3.8, 4) is 0 Å². The zero-order valence-corrected chi connectivity index (χ0v) is 8.97. The average molecular weight is 216 g/mol. The average Bonchev–Trinajstić information content (AvgIpc) is 2.99. The van der Waals surface area contributed by atoms with E-state index >= 15 is 0 Å². The van der Waals surface area contributed by atoms with Gasteiger partial charge in [0.05, 0.1) is 5.52 Å². The van der Waals surface area contributed by atoms with Gasteiger partial charge in [-0.3, -0.25) is 0 Å². The lowest BCUT2D eigenvalue weighted by Crippen LogP contribution is -1.97. The second-order valence-corrected chi connectivity index (χ2v) is 4.36. The van der Waals surface area contributed by atoms with E-state index in [1.165, 1.54) is 0 Å². The molecule has 82 valence electrons. The second kappa shape index (κ2) is 3.07. The Morgan fingerprint density at radius 3 is 2.94 bits per heavy atom. The molecule has 0 aliphatic heterocycles. The Balaban J connectivity index is 2.32. The maximum Gasteiger partial charge on any atom is 0.356 e. The molecule has 4 heteroatoms. The summed E-state index contributed by atoms with van der Waals surface area (Å²) in [6.45, 7) is 1.95. The number of pyridine rings is 1. The Morgan fingerprint density at radius 1 is 1.56 bits per heavy atom. The number of hydrogen-bond acceptors (Lipinski definition) is 2. The second-order valence-electron chi connectivity index (χ2n) is 4.36. The summed E-state index contributed by atoms with van der Waals surface area (Å²) in [6, 6.07) is 3.86. The van der Waals surface area contributed by atoms with Gasteiger partial charge in [0.1, 0.15) is 5.82 Å². The summed E-state index contributed by atoms with van der Waals surface area (Å²) in [7, 11) is 0. The summed E-state index contributed by atoms with van der Waals surface area (Å²) in [6.07, 6.45) is 4.15. The summed E-state index contributed by atoms with van der Waals surface area (Å²) in [4.78, 5) is 15.4. The summed E-state index contributed by atoms with van der Waals surface area (Å²) in [5, 5.41) is 9.11. The third-order valence-corrected chi connectivity index (χ3v) is 2.97. The Labute approximate surface area is 92.5 Å². The molecule has 16 heavy (non-hydrogen) atoms. The smallest absolute Gasteiger partial charge is 0.356 e. The first-order valence-corrected chi connectivity index (χ1v) is 5.38. The lowest BCUT2D eigenvalue weighted by molar-refractivity contribution is 0.0693. The number of imidazole rings is 1. The van der Waals surface area contributed by atoms with Crippen molar-refractivity contribution in [2.45, 2.75) is 25.7 Å². The lowest BCUT2D eigenvalue weighted by atomic mass is 10.2. The van der Waals surface area contributed by atoms with E-state index in [1.807, 2.05) is 29.7 Å². The zero-order valence-electron chi connectivity index (χ0n) is 8.97. The molecular formula is C12H12N2O2. The molecule has 0 unspecified atom stereocenters. The summed E-state index contributed by atoms with van der Waals surface area (Å²) in [5.74, 6) is 0.394. The number of carboxylic acid groups (broad SMARTS) is 1. The van der Waals surface area contributed by atoms with E-state index in [1.54, 1.807) is 0 Å². The molecule has 1 fully saturated rings. The van der Waals surface area contributed by atoms with Crippen molar-refractivity contribution >= 4 is 11.5 Å². The van der Waals surface area contributed by atoms with E-state index in [2.05, 4.69) is 4.98 Å². The van der Waals surface area contributed by atoms with Crippen LogP contribution in [0.4, 0.5) is 0 Å². The van der Waals surface area contributed by atoms with Crippen LogP contribution in [0.15, 0.2) is 18.3 Å². The Kier molecular flexibility index (Phi) is 1.80. The fourth-order valence-corrected chi connectivity index (χ4v) is 2.00. The lowest BCUT2D eigenvalue weighted by Gasteiger charge is -1.99. The molecule has 1 saturated carbocycles. The zero-order chi connectivity index (χ0) is 11.3. The fourth-order valence-electron chi connectivity index (χ4n) is 2.00. The number of fused-ring (bicyclic) bond motifs is 1. The molecule has 1 aliphatic carbocycles. The van der Waals surface area contributed by atoms with E-state index in [9.17, 15) is 4.79 Å². The largest absolute Gasteiger partial charge is 0.476 e. The van der Waals surface area contributed by atoms with Crippen molar-refractivity contribution in [1.82, 2.24) is 9.38 Å². The van der Waals surface area contributed by atoms with Crippen molar-refractivity contribution in [3.05, 3.63) is 35.4 Å². The van der Waals surface area contributed by atoms with Gasteiger partial charge in [-0.15, -0.1) is 0 Å². The minimum atomic E-state index is -0.949. The van der Waals surface area contributed by atoms with E-state index in [4.69, 9.17) is 5.11 Å². The van der Waals surface area contributed by atoms with Gasteiger partial charge in [-0.2, -0.15) is 0 Å². The first kappa shape index (κ1) is 9.39. The van der Waals surface area contributed by atoms with Crippen LogP contribution in [0, 0.1) is 6.92 Å². The van der Waals surface area contributed by atoms with Crippen LogP contribution >= 0.6 is 0 Å². The maximum absolute atomic E-state index is 11.1. The van der Waals surface area contributed by atoms with Crippen molar-refractivity contribution in [2.24, 2.45) is 0 Å². The molecule has 0 amide bonds. The highest BCUT2D eigenvalue weighted by Gasteiger charge is 2.30. The maximum atomic E-state index is 11.1. The molecule has 3 rings (SSSR count). The number of aromatic nitrogens is 2. The Bertz CT molecular complexity index is 582. The minimum Gasteiger partial charge on any atom is -0.476 e. The van der Waals surface area contributed by atoms with Gasteiger partial charge in [0.2, 0.25) is 0 Å². The summed E-state index contributed by atoms with van der Waals surface area (Å²) < 4.78 is 1.91. The Morgan fingerprint density at radius 2 is 2.31 bits per heavy atom. The first-order valence-electron chi connectivity index (χ1n) is 5.38. The molecule has 4 nitrogen and oxygen atoms in total. The summed E-state index contributed by atoms with van der Waals surface area (Å²) >= 11 is 0. The van der Waals surface area contributed by atoms with E-state index < -0.39 is 5.97 Å². The van der Waals surface area contributed by atoms with Crippen LogP contribution < -0.4 is 0 Å². The van der Waals surface area contributed by atoms with Gasteiger partial charge in [-0.1, -0.05) is 0 Å². The van der Waals surface area contributed by atoms with Gasteiger partial charge in [-0.25, -0.2) is 9.78 Å². The van der Waals surface area contributed by atoms with Gasteiger partial charge in [0, 0.05) is 12.1 Å². The first-order chi connectivity index (χ1) is 7.66. The number of carboxylic acids is 1. The molecule has 0 aromatic carbocycles. The topological polar surface area (TPSA) is 54.6 Å². The van der Waals surface area contributed by atoms with Gasteiger partial charge in [0.25, 0.3) is 0 Å². The number of aromatic carboxylic acids is 1. The van der Waals surface area contributed by atoms with Crippen molar-refractivity contribution < 1.29 is 9.90 Å². The monoisotopic (exact) mass is 216 g/mol. The van der Waals surface area contributed by atoms with Gasteiger partial charge >= 0.3 is 5.97 Å². The predicted octanol–water partition coefficient (Wildman–Crippen LogP) is 2.22. The number of nitrogens with zero attached hydrogens (tertiary/aromatic N) is 2. The molecular weight excluding hydrogens is 204 g/mol. The van der Waals surface area contributed by atoms with Gasteiger partial charge in [0.15, 0.2) is 5.69 Å². The van der Waals surface area contributed by atoms with E-state index in [0.717, 1.165) is 24.2 Å². The quantitative estimate of drug-likeness (QED) is 0.837. The SMILES string of the molecule is Cc1ccn2c(C3CC3)nc(C(=O)O)c2c1. The molecule has 0 spiro atoms. The predicted molar refractivity (Wildman–Crippen MR) is 58.9 cm³/mol. The highest BCUT2D eigenvalue weighted by molar-refractivity contribution is 5.93. The van der Waals surface area contributed by atoms with Crippen LogP contribution in [0.1, 0.15) is 40.6 Å². The van der Waals surface area contributed by atoms with Crippen molar-refractivity contribution in [2.75, 3.05) is 0 Å². The van der Waals surface area contributed by atoms with Crippen molar-refractivity contribution in [3.63, 3.8) is 0 Å². The van der Waals surface area contributed by atoms with Crippen LogP contribution in [-0.4, -0.2) is 20.5 Å². The number of aryl methyl sites for hydroxylation is 1. The molecule has 0 atom stereocenters. The molecule has 0 radical (unpaired) electrons. The highest BCUT2D eigenvalue weighted by Crippen LogP contribution is 2.40. The van der Waals surface area contributed by atoms with Crippen LogP contribution in [-0.2, 0) is 0 Å². The minimum absolute atomic E-state index is 0.172. The van der Waals surface area contributed by atoms with Crippen LogP contribution in [0.25, 0.3) is 5.52 Å². The van der Waals surface area contributed by atoms with E-state index in [-0.39, 0.29) is 5.69 Å². The molecule has 0 bridgehead atoms. The van der Waals surface area contributed by atoms with Crippen molar-refractivity contribution in [1.29, 1.82) is 0 Å². The van der Waals surface area contributed by atoms with Gasteiger partial charge in [-0.05, 0) is 37.5 Å². The summed E-state index contributed by atoms with van der Waals surface area (Å²) in [5.41, 5.74) is 1.93. The van der Waals surface area contributed by atoms with Crippen LogP contribution in [0.2, 0.25) is 0 Å². The third-order valence-electron chi connectivity index (χ3n) is 2.97. The van der Waals surface area contributed by atoms with E-state index in [0.29, 0.717) is 11.4 Å². The standard InChI is InChI=1S/C12H12N2O2/c1-7-4-5-14-9(6-7)10(12(15)16)13-11(14)8-2-3-8/h4-6,8H,2-3H2,1H3,(H,15,16). The molecule has 0 saturated heterocycles.